The minimum atomic E-state index is -0.473. The molecule has 6 heteroatoms. The summed E-state index contributed by atoms with van der Waals surface area (Å²) in [5.41, 5.74) is 1.97. The topological polar surface area (TPSA) is 49.9 Å². The first-order chi connectivity index (χ1) is 13.7. The molecule has 0 spiro atoms. The molecule has 0 aliphatic carbocycles. The number of carbonyl (C=O) groups excluding carboxylic acids is 2. The van der Waals surface area contributed by atoms with Gasteiger partial charge in [0.15, 0.2) is 0 Å². The van der Waals surface area contributed by atoms with Crippen molar-refractivity contribution in [2.75, 3.05) is 26.2 Å². The van der Waals surface area contributed by atoms with Crippen LogP contribution in [0.15, 0.2) is 18.2 Å². The van der Waals surface area contributed by atoms with Gasteiger partial charge in [0.25, 0.3) is 0 Å². The Morgan fingerprint density at radius 2 is 1.72 bits per heavy atom. The number of amides is 2. The quantitative estimate of drug-likeness (QED) is 0.687. The largest absolute Gasteiger partial charge is 0.444 e. The van der Waals surface area contributed by atoms with Crippen LogP contribution in [0, 0.1) is 0 Å². The molecule has 0 N–H and O–H groups in total. The number of benzene rings is 1. The lowest BCUT2D eigenvalue weighted by atomic mass is 9.85. The summed E-state index contributed by atoms with van der Waals surface area (Å²) in [6, 6.07) is 6.04. The Kier molecular flexibility index (Phi) is 7.10. The molecule has 2 aliphatic heterocycles. The van der Waals surface area contributed by atoms with E-state index < -0.39 is 5.60 Å². The van der Waals surface area contributed by atoms with Crippen molar-refractivity contribution in [3.05, 3.63) is 34.3 Å². The molecule has 2 saturated heterocycles. The average Bonchev–Trinajstić information content (AvgIpc) is 3.20. The van der Waals surface area contributed by atoms with Crippen molar-refractivity contribution in [2.24, 2.45) is 0 Å². The highest BCUT2D eigenvalue weighted by molar-refractivity contribution is 6.30. The summed E-state index contributed by atoms with van der Waals surface area (Å²) in [4.78, 5) is 28.5. The predicted molar refractivity (Wildman–Crippen MR) is 115 cm³/mol. The Morgan fingerprint density at radius 3 is 2.34 bits per heavy atom. The number of hydrogen-bond donors (Lipinski definition) is 0. The van der Waals surface area contributed by atoms with Crippen molar-refractivity contribution in [1.29, 1.82) is 0 Å². The number of ether oxygens (including phenoxy) is 1. The van der Waals surface area contributed by atoms with Crippen LogP contribution in [0.4, 0.5) is 4.79 Å². The van der Waals surface area contributed by atoms with Gasteiger partial charge in [-0.1, -0.05) is 17.7 Å². The molecule has 0 saturated carbocycles. The van der Waals surface area contributed by atoms with E-state index in [2.05, 4.69) is 6.07 Å². The highest BCUT2D eigenvalue weighted by Gasteiger charge is 2.28. The predicted octanol–water partition coefficient (Wildman–Crippen LogP) is 5.01. The molecule has 0 atom stereocenters. The van der Waals surface area contributed by atoms with Crippen LogP contribution in [0.1, 0.15) is 69.9 Å². The minimum Gasteiger partial charge on any atom is -0.444 e. The molecule has 0 radical (unpaired) electrons. The third-order valence-electron chi connectivity index (χ3n) is 5.76. The van der Waals surface area contributed by atoms with E-state index in [0.29, 0.717) is 30.5 Å². The van der Waals surface area contributed by atoms with Crippen molar-refractivity contribution in [3.63, 3.8) is 0 Å². The summed E-state index contributed by atoms with van der Waals surface area (Å²) in [5.74, 6) is 0.621. The number of halogens is 1. The first kappa shape index (κ1) is 21.9. The summed E-state index contributed by atoms with van der Waals surface area (Å²) < 4.78 is 5.50. The van der Waals surface area contributed by atoms with E-state index in [4.69, 9.17) is 16.3 Å². The van der Waals surface area contributed by atoms with Crippen LogP contribution in [0.5, 0.6) is 0 Å². The van der Waals surface area contributed by atoms with Crippen molar-refractivity contribution in [1.82, 2.24) is 9.80 Å². The molecule has 1 aromatic carbocycles. The van der Waals surface area contributed by atoms with Crippen LogP contribution in [-0.2, 0) is 16.0 Å². The lowest BCUT2D eigenvalue weighted by molar-refractivity contribution is -0.130. The molecule has 0 aromatic heterocycles. The fourth-order valence-corrected chi connectivity index (χ4v) is 4.45. The molecule has 3 rings (SSSR count). The van der Waals surface area contributed by atoms with Gasteiger partial charge in [0.2, 0.25) is 5.91 Å². The van der Waals surface area contributed by atoms with E-state index in [0.717, 1.165) is 45.2 Å². The van der Waals surface area contributed by atoms with Crippen molar-refractivity contribution in [3.8, 4) is 0 Å². The summed E-state index contributed by atoms with van der Waals surface area (Å²) >= 11 is 6.26. The zero-order valence-electron chi connectivity index (χ0n) is 17.9. The van der Waals surface area contributed by atoms with E-state index in [1.54, 1.807) is 4.90 Å². The zero-order chi connectivity index (χ0) is 21.0. The number of rotatable bonds is 4. The molecule has 0 bridgehead atoms. The first-order valence-electron chi connectivity index (χ1n) is 10.8. The minimum absolute atomic E-state index is 0.233. The van der Waals surface area contributed by atoms with E-state index in [1.165, 1.54) is 11.1 Å². The molecule has 2 aliphatic rings. The highest BCUT2D eigenvalue weighted by atomic mass is 35.5. The highest BCUT2D eigenvalue weighted by Crippen LogP contribution is 2.33. The van der Waals surface area contributed by atoms with Gasteiger partial charge in [-0.25, -0.2) is 4.79 Å². The molecular weight excluding hydrogens is 388 g/mol. The van der Waals surface area contributed by atoms with Gasteiger partial charge in [-0.15, -0.1) is 0 Å². The second-order valence-electron chi connectivity index (χ2n) is 9.17. The van der Waals surface area contributed by atoms with Gasteiger partial charge in [-0.2, -0.15) is 0 Å². The third-order valence-corrected chi connectivity index (χ3v) is 5.99. The molecule has 160 valence electrons. The molecular formula is C23H33ClN2O3. The monoisotopic (exact) mass is 420 g/mol. The van der Waals surface area contributed by atoms with Crippen molar-refractivity contribution >= 4 is 23.6 Å². The van der Waals surface area contributed by atoms with Gasteiger partial charge >= 0.3 is 6.09 Å². The molecule has 2 heterocycles. The molecule has 1 aromatic rings. The van der Waals surface area contributed by atoms with Crippen LogP contribution in [-0.4, -0.2) is 53.6 Å². The second kappa shape index (κ2) is 9.38. The summed E-state index contributed by atoms with van der Waals surface area (Å²) in [5, 5.41) is 0.712. The summed E-state index contributed by atoms with van der Waals surface area (Å²) in [6.45, 7) is 8.83. The van der Waals surface area contributed by atoms with Crippen LogP contribution in [0.2, 0.25) is 5.02 Å². The molecule has 29 heavy (non-hydrogen) atoms. The van der Waals surface area contributed by atoms with E-state index in [9.17, 15) is 9.59 Å². The Hall–Kier alpha value is -1.75. The second-order valence-corrected chi connectivity index (χ2v) is 9.61. The smallest absolute Gasteiger partial charge is 0.410 e. The van der Waals surface area contributed by atoms with E-state index >= 15 is 0 Å². The summed E-state index contributed by atoms with van der Waals surface area (Å²) in [6.07, 6.45) is 5.04. The van der Waals surface area contributed by atoms with Crippen LogP contribution in [0.3, 0.4) is 0 Å². The Balaban J connectivity index is 1.61. The number of likely N-dealkylation sites (tertiary alicyclic amines) is 2. The first-order valence-corrected chi connectivity index (χ1v) is 11.1. The lowest BCUT2D eigenvalue weighted by Gasteiger charge is -2.34. The van der Waals surface area contributed by atoms with Gasteiger partial charge < -0.3 is 14.5 Å². The van der Waals surface area contributed by atoms with Gasteiger partial charge in [0.05, 0.1) is 0 Å². The number of nitrogens with zero attached hydrogens (tertiary/aromatic N) is 2. The summed E-state index contributed by atoms with van der Waals surface area (Å²) in [7, 11) is 0. The Bertz CT molecular complexity index is 730. The molecule has 5 nitrogen and oxygen atoms in total. The van der Waals surface area contributed by atoms with Crippen molar-refractivity contribution < 1.29 is 14.3 Å². The Labute approximate surface area is 179 Å². The van der Waals surface area contributed by atoms with Gasteiger partial charge in [-0.3, -0.25) is 4.79 Å². The van der Waals surface area contributed by atoms with Crippen LogP contribution >= 0.6 is 11.6 Å². The molecule has 2 fully saturated rings. The van der Waals surface area contributed by atoms with Crippen LogP contribution in [0.25, 0.3) is 0 Å². The number of hydrogen-bond acceptors (Lipinski definition) is 3. The average molecular weight is 421 g/mol. The standard InChI is InChI=1S/C23H33ClN2O3/c1-23(2,3)29-22(28)26-14-10-17(11-15-26)20-8-7-19(24)16-18(20)6-9-21(27)25-12-4-5-13-25/h7-8,16-17H,4-6,9-15H2,1-3H3. The maximum absolute atomic E-state index is 12.5. The van der Waals surface area contributed by atoms with Crippen molar-refractivity contribution in [2.45, 2.75) is 70.8 Å². The normalized spacial score (nSPS) is 18.2. The maximum atomic E-state index is 12.5. The van der Waals surface area contributed by atoms with Gasteiger partial charge in [0.1, 0.15) is 5.60 Å². The van der Waals surface area contributed by atoms with E-state index in [-0.39, 0.29) is 12.0 Å². The number of carbonyl (C=O) groups is 2. The fourth-order valence-electron chi connectivity index (χ4n) is 4.25. The lowest BCUT2D eigenvalue weighted by Crippen LogP contribution is -2.41. The Morgan fingerprint density at radius 1 is 1.07 bits per heavy atom. The molecule has 0 unspecified atom stereocenters. The fraction of sp³-hybridized carbons (Fsp3) is 0.652. The SMILES string of the molecule is CC(C)(C)OC(=O)N1CCC(c2ccc(Cl)cc2CCC(=O)N2CCCC2)CC1. The van der Waals surface area contributed by atoms with Gasteiger partial charge in [-0.05, 0) is 82.1 Å². The zero-order valence-corrected chi connectivity index (χ0v) is 18.6. The maximum Gasteiger partial charge on any atom is 0.410 e. The van der Waals surface area contributed by atoms with E-state index in [1.807, 2.05) is 37.8 Å². The number of piperidine rings is 1. The number of aryl methyl sites for hydroxylation is 1. The van der Waals surface area contributed by atoms with Gasteiger partial charge in [0, 0.05) is 37.6 Å². The molecule has 2 amide bonds. The van der Waals surface area contributed by atoms with Crippen LogP contribution < -0.4 is 0 Å². The third kappa shape index (κ3) is 6.11.